The number of hydrogen-bond donors (Lipinski definition) is 1. The highest BCUT2D eigenvalue weighted by molar-refractivity contribution is 7.71. The van der Waals surface area contributed by atoms with E-state index in [0.717, 1.165) is 11.3 Å². The Morgan fingerprint density at radius 2 is 1.96 bits per heavy atom. The standard InChI is InChI=1S/C18H15Cl2N3O3S/c1-11-4-2-3-5-15(11)25-10-17-22-23(18(27)26-17)9-16(24)21-14-7-12(19)6-13(20)8-14/h2-8H,9-10H2,1H3,(H,21,24). The number of nitrogens with zero attached hydrogens (tertiary/aromatic N) is 2. The van der Waals surface area contributed by atoms with Gasteiger partial charge in [-0.3, -0.25) is 4.79 Å². The maximum Gasteiger partial charge on any atom is 0.287 e. The topological polar surface area (TPSA) is 69.3 Å². The third kappa shape index (κ3) is 5.32. The molecule has 3 aromatic rings. The first kappa shape index (κ1) is 19.4. The largest absolute Gasteiger partial charge is 0.484 e. The van der Waals surface area contributed by atoms with Crippen molar-refractivity contribution in [3.63, 3.8) is 0 Å². The Balaban J connectivity index is 1.63. The van der Waals surface area contributed by atoms with Crippen molar-refractivity contribution in [2.24, 2.45) is 0 Å². The number of benzene rings is 2. The second-order valence-corrected chi connectivity index (χ2v) is 6.90. The third-order valence-electron chi connectivity index (χ3n) is 3.53. The average molecular weight is 424 g/mol. The molecule has 1 N–H and O–H groups in total. The SMILES string of the molecule is Cc1ccccc1OCc1nn(CC(=O)Nc2cc(Cl)cc(Cl)c2)c(=S)o1. The molecule has 6 nitrogen and oxygen atoms in total. The molecule has 0 saturated carbocycles. The second kappa shape index (κ2) is 8.56. The summed E-state index contributed by atoms with van der Waals surface area (Å²) in [6, 6.07) is 12.4. The molecule has 0 aliphatic heterocycles. The minimum absolute atomic E-state index is 0.0812. The highest BCUT2D eigenvalue weighted by Gasteiger charge is 2.11. The smallest absolute Gasteiger partial charge is 0.287 e. The van der Waals surface area contributed by atoms with Crippen LogP contribution in [-0.4, -0.2) is 15.7 Å². The molecule has 2 aromatic carbocycles. The number of carbonyl (C=O) groups excluding carboxylic acids is 1. The van der Waals surface area contributed by atoms with E-state index >= 15 is 0 Å². The molecule has 0 spiro atoms. The van der Waals surface area contributed by atoms with E-state index in [-0.39, 0.29) is 29.8 Å². The van der Waals surface area contributed by atoms with Crippen LogP contribution in [-0.2, 0) is 17.9 Å². The zero-order valence-electron chi connectivity index (χ0n) is 14.2. The Hall–Kier alpha value is -2.35. The van der Waals surface area contributed by atoms with Gasteiger partial charge in [-0.15, -0.1) is 5.10 Å². The van der Waals surface area contributed by atoms with Crippen LogP contribution in [0.4, 0.5) is 5.69 Å². The van der Waals surface area contributed by atoms with Gasteiger partial charge in [0.2, 0.25) is 5.91 Å². The van der Waals surface area contributed by atoms with E-state index in [0.29, 0.717) is 15.7 Å². The predicted octanol–water partition coefficient (Wildman–Crippen LogP) is 5.04. The molecule has 27 heavy (non-hydrogen) atoms. The minimum Gasteiger partial charge on any atom is -0.484 e. The molecule has 0 aliphatic rings. The fourth-order valence-electron chi connectivity index (χ4n) is 2.33. The molecule has 0 fully saturated rings. The van der Waals surface area contributed by atoms with E-state index in [1.54, 1.807) is 18.2 Å². The molecule has 0 saturated heterocycles. The molecule has 0 atom stereocenters. The van der Waals surface area contributed by atoms with Gasteiger partial charge in [-0.1, -0.05) is 41.4 Å². The number of aryl methyl sites for hydroxylation is 1. The van der Waals surface area contributed by atoms with Gasteiger partial charge in [0.1, 0.15) is 12.3 Å². The summed E-state index contributed by atoms with van der Waals surface area (Å²) in [5.74, 6) is 0.662. The van der Waals surface area contributed by atoms with Gasteiger partial charge < -0.3 is 14.5 Å². The lowest BCUT2D eigenvalue weighted by Gasteiger charge is -2.06. The number of rotatable bonds is 6. The predicted molar refractivity (Wildman–Crippen MR) is 106 cm³/mol. The average Bonchev–Trinajstić information content (AvgIpc) is 2.92. The van der Waals surface area contributed by atoms with Crippen LogP contribution in [0.25, 0.3) is 0 Å². The third-order valence-corrected chi connectivity index (χ3v) is 4.26. The van der Waals surface area contributed by atoms with E-state index < -0.39 is 0 Å². The van der Waals surface area contributed by atoms with Crippen LogP contribution in [0.5, 0.6) is 5.75 Å². The lowest BCUT2D eigenvalue weighted by Crippen LogP contribution is -2.19. The van der Waals surface area contributed by atoms with Crippen LogP contribution >= 0.6 is 35.4 Å². The van der Waals surface area contributed by atoms with Crippen molar-refractivity contribution in [2.75, 3.05) is 5.32 Å². The number of aromatic nitrogens is 2. The molecular weight excluding hydrogens is 409 g/mol. The van der Waals surface area contributed by atoms with E-state index in [1.807, 2.05) is 31.2 Å². The van der Waals surface area contributed by atoms with E-state index in [9.17, 15) is 4.79 Å². The summed E-state index contributed by atoms with van der Waals surface area (Å²) in [5.41, 5.74) is 1.48. The first-order valence-electron chi connectivity index (χ1n) is 7.92. The summed E-state index contributed by atoms with van der Waals surface area (Å²) in [7, 11) is 0. The summed E-state index contributed by atoms with van der Waals surface area (Å²) in [6.45, 7) is 1.93. The van der Waals surface area contributed by atoms with Gasteiger partial charge in [0.25, 0.3) is 10.7 Å². The Kier molecular flexibility index (Phi) is 6.15. The van der Waals surface area contributed by atoms with E-state index in [1.165, 1.54) is 4.68 Å². The number of para-hydroxylation sites is 1. The molecule has 1 amide bonds. The Labute approximate surface area is 170 Å². The van der Waals surface area contributed by atoms with Crippen LogP contribution in [0.15, 0.2) is 46.9 Å². The highest BCUT2D eigenvalue weighted by atomic mass is 35.5. The fraction of sp³-hybridized carbons (Fsp3) is 0.167. The summed E-state index contributed by atoms with van der Waals surface area (Å²) in [5, 5.41) is 7.71. The number of ether oxygens (including phenoxy) is 1. The number of amides is 1. The fourth-order valence-corrected chi connectivity index (χ4v) is 3.06. The van der Waals surface area contributed by atoms with E-state index in [2.05, 4.69) is 10.4 Å². The van der Waals surface area contributed by atoms with Crippen molar-refractivity contribution >= 4 is 47.0 Å². The van der Waals surface area contributed by atoms with Crippen LogP contribution in [0, 0.1) is 11.8 Å². The molecule has 9 heteroatoms. The molecule has 0 bridgehead atoms. The van der Waals surface area contributed by atoms with Crippen LogP contribution < -0.4 is 10.1 Å². The van der Waals surface area contributed by atoms with Gasteiger partial charge >= 0.3 is 0 Å². The van der Waals surface area contributed by atoms with Gasteiger partial charge in [0.15, 0.2) is 6.61 Å². The summed E-state index contributed by atoms with van der Waals surface area (Å²) in [6.07, 6.45) is 0. The summed E-state index contributed by atoms with van der Waals surface area (Å²) >= 11 is 16.9. The Morgan fingerprint density at radius 3 is 2.67 bits per heavy atom. The molecule has 0 aliphatic carbocycles. The van der Waals surface area contributed by atoms with E-state index in [4.69, 9.17) is 44.6 Å². The highest BCUT2D eigenvalue weighted by Crippen LogP contribution is 2.22. The van der Waals surface area contributed by atoms with Gasteiger partial charge in [-0.05, 0) is 49.0 Å². The zero-order valence-corrected chi connectivity index (χ0v) is 16.6. The maximum atomic E-state index is 12.2. The monoisotopic (exact) mass is 423 g/mol. The van der Waals surface area contributed by atoms with Crippen molar-refractivity contribution in [3.05, 3.63) is 68.8 Å². The maximum absolute atomic E-state index is 12.2. The van der Waals surface area contributed by atoms with Gasteiger partial charge in [-0.25, -0.2) is 4.68 Å². The van der Waals surface area contributed by atoms with Crippen molar-refractivity contribution < 1.29 is 13.9 Å². The first-order chi connectivity index (χ1) is 12.9. The first-order valence-corrected chi connectivity index (χ1v) is 9.08. The summed E-state index contributed by atoms with van der Waals surface area (Å²) in [4.78, 5) is 12.3. The second-order valence-electron chi connectivity index (χ2n) is 5.68. The van der Waals surface area contributed by atoms with Crippen LogP contribution in [0.1, 0.15) is 11.5 Å². The number of carbonyl (C=O) groups is 1. The Morgan fingerprint density at radius 1 is 1.26 bits per heavy atom. The number of nitrogens with one attached hydrogen (secondary N) is 1. The summed E-state index contributed by atoms with van der Waals surface area (Å²) < 4.78 is 12.3. The van der Waals surface area contributed by atoms with Crippen LogP contribution in [0.3, 0.4) is 0 Å². The Bertz CT molecular complexity index is 1010. The molecule has 3 rings (SSSR count). The molecule has 1 aromatic heterocycles. The van der Waals surface area contributed by atoms with Gasteiger partial charge in [0, 0.05) is 15.7 Å². The van der Waals surface area contributed by atoms with Crippen molar-refractivity contribution in [1.29, 1.82) is 0 Å². The quantitative estimate of drug-likeness (QED) is 0.562. The van der Waals surface area contributed by atoms with Crippen LogP contribution in [0.2, 0.25) is 10.0 Å². The molecule has 0 radical (unpaired) electrons. The van der Waals surface area contributed by atoms with Gasteiger partial charge in [0.05, 0.1) is 0 Å². The lowest BCUT2D eigenvalue weighted by atomic mass is 10.2. The lowest BCUT2D eigenvalue weighted by molar-refractivity contribution is -0.117. The van der Waals surface area contributed by atoms with Crippen molar-refractivity contribution in [3.8, 4) is 5.75 Å². The molecule has 140 valence electrons. The van der Waals surface area contributed by atoms with Gasteiger partial charge in [-0.2, -0.15) is 0 Å². The number of hydrogen-bond acceptors (Lipinski definition) is 5. The zero-order chi connectivity index (χ0) is 19.4. The molecular formula is C18H15Cl2N3O3S. The van der Waals surface area contributed by atoms with Crippen molar-refractivity contribution in [2.45, 2.75) is 20.1 Å². The van der Waals surface area contributed by atoms with Crippen molar-refractivity contribution in [1.82, 2.24) is 9.78 Å². The molecule has 0 unspecified atom stereocenters. The molecule has 1 heterocycles. The normalized spacial score (nSPS) is 10.6. The minimum atomic E-state index is -0.343. The number of anilines is 1. The number of halogens is 2.